The number of urea groups is 1. The minimum atomic E-state index is -0.396. The van der Waals surface area contributed by atoms with Crippen LogP contribution < -0.4 is 24.8 Å². The van der Waals surface area contributed by atoms with E-state index in [2.05, 4.69) is 10.6 Å². The second-order valence-electron chi connectivity index (χ2n) is 7.70. The molecular formula is C25H25FN2O4. The van der Waals surface area contributed by atoms with Crippen molar-refractivity contribution in [3.63, 3.8) is 0 Å². The standard InChI is InChI=1S/C25H25FN2O4/c1-16-3-7-19(14-22(16)26)27-25(29)28-20(11-17-4-8-21(30-2)9-5-17)12-18-6-10-23-24(13-18)32-15-31-23/h3-10,13-14,20H,11-12,15H2,1-2H3,(H2,27,28,29)/t20-/m0/s1. The minimum Gasteiger partial charge on any atom is -0.497 e. The molecule has 4 rings (SSSR count). The lowest BCUT2D eigenvalue weighted by atomic mass is 9.98. The second-order valence-corrected chi connectivity index (χ2v) is 7.70. The van der Waals surface area contributed by atoms with Crippen molar-refractivity contribution in [3.8, 4) is 17.2 Å². The number of hydrogen-bond donors (Lipinski definition) is 2. The number of methoxy groups -OCH3 is 1. The van der Waals surface area contributed by atoms with Gasteiger partial charge in [0.1, 0.15) is 11.6 Å². The third kappa shape index (κ3) is 5.29. The molecule has 0 radical (unpaired) electrons. The number of halogens is 1. The number of nitrogens with one attached hydrogen (secondary N) is 2. The minimum absolute atomic E-state index is 0.209. The zero-order valence-corrected chi connectivity index (χ0v) is 18.0. The zero-order chi connectivity index (χ0) is 22.5. The molecule has 0 unspecified atom stereocenters. The summed E-state index contributed by atoms with van der Waals surface area (Å²) in [6.07, 6.45) is 1.19. The summed E-state index contributed by atoms with van der Waals surface area (Å²) in [4.78, 5) is 12.7. The van der Waals surface area contributed by atoms with Gasteiger partial charge in [-0.3, -0.25) is 0 Å². The predicted molar refractivity (Wildman–Crippen MR) is 120 cm³/mol. The van der Waals surface area contributed by atoms with E-state index in [-0.39, 0.29) is 18.7 Å². The largest absolute Gasteiger partial charge is 0.497 e. The SMILES string of the molecule is COc1ccc(C[C@@H](Cc2ccc3c(c2)OCO3)NC(=O)Nc2ccc(C)c(F)c2)cc1. The van der Waals surface area contributed by atoms with Gasteiger partial charge in [0, 0.05) is 11.7 Å². The lowest BCUT2D eigenvalue weighted by Crippen LogP contribution is -2.40. The highest BCUT2D eigenvalue weighted by molar-refractivity contribution is 5.89. The van der Waals surface area contributed by atoms with Crippen LogP contribution >= 0.6 is 0 Å². The molecule has 7 heteroatoms. The van der Waals surface area contributed by atoms with Crippen LogP contribution in [-0.4, -0.2) is 26.0 Å². The number of benzene rings is 3. The van der Waals surface area contributed by atoms with Crippen LogP contribution in [0.5, 0.6) is 17.2 Å². The van der Waals surface area contributed by atoms with Gasteiger partial charge in [0.2, 0.25) is 6.79 Å². The highest BCUT2D eigenvalue weighted by atomic mass is 19.1. The van der Waals surface area contributed by atoms with Crippen LogP contribution in [-0.2, 0) is 12.8 Å². The van der Waals surface area contributed by atoms with Gasteiger partial charge in [-0.25, -0.2) is 9.18 Å². The van der Waals surface area contributed by atoms with E-state index in [0.29, 0.717) is 35.6 Å². The quantitative estimate of drug-likeness (QED) is 0.556. The number of ether oxygens (including phenoxy) is 3. The van der Waals surface area contributed by atoms with Crippen LogP contribution in [0.1, 0.15) is 16.7 Å². The normalized spacial score (nSPS) is 12.8. The molecule has 0 spiro atoms. The van der Waals surface area contributed by atoms with Crippen LogP contribution in [0.4, 0.5) is 14.9 Å². The molecule has 0 saturated carbocycles. The highest BCUT2D eigenvalue weighted by Crippen LogP contribution is 2.33. The highest BCUT2D eigenvalue weighted by Gasteiger charge is 2.18. The van der Waals surface area contributed by atoms with Crippen molar-refractivity contribution in [1.29, 1.82) is 0 Å². The molecule has 0 aliphatic carbocycles. The van der Waals surface area contributed by atoms with Gasteiger partial charge in [-0.2, -0.15) is 0 Å². The topological polar surface area (TPSA) is 68.8 Å². The van der Waals surface area contributed by atoms with Crippen molar-refractivity contribution < 1.29 is 23.4 Å². The van der Waals surface area contributed by atoms with Crippen LogP contribution in [0.25, 0.3) is 0 Å². The number of rotatable bonds is 7. The summed E-state index contributed by atoms with van der Waals surface area (Å²) in [5.41, 5.74) is 2.99. The maximum Gasteiger partial charge on any atom is 0.319 e. The first kappa shape index (κ1) is 21.5. The van der Waals surface area contributed by atoms with E-state index in [9.17, 15) is 9.18 Å². The predicted octanol–water partition coefficient (Wildman–Crippen LogP) is 4.85. The third-order valence-electron chi connectivity index (χ3n) is 5.33. The number of anilines is 1. The van der Waals surface area contributed by atoms with Gasteiger partial charge in [0.15, 0.2) is 11.5 Å². The van der Waals surface area contributed by atoms with Crippen molar-refractivity contribution >= 4 is 11.7 Å². The molecule has 0 bridgehead atoms. The first-order valence-corrected chi connectivity index (χ1v) is 10.4. The Kier molecular flexibility index (Phi) is 6.44. The van der Waals surface area contributed by atoms with Crippen LogP contribution in [0.2, 0.25) is 0 Å². The molecule has 2 amide bonds. The number of carbonyl (C=O) groups is 1. The summed E-state index contributed by atoms with van der Waals surface area (Å²) < 4.78 is 29.9. The molecule has 0 saturated heterocycles. The Balaban J connectivity index is 1.48. The number of carbonyl (C=O) groups excluding carboxylic acids is 1. The number of amides is 2. The molecule has 0 fully saturated rings. The molecule has 2 N–H and O–H groups in total. The van der Waals surface area contributed by atoms with E-state index in [1.54, 1.807) is 26.2 Å². The van der Waals surface area contributed by atoms with Crippen molar-refractivity contribution in [2.45, 2.75) is 25.8 Å². The van der Waals surface area contributed by atoms with Crippen molar-refractivity contribution in [3.05, 3.63) is 83.2 Å². The van der Waals surface area contributed by atoms with Gasteiger partial charge >= 0.3 is 6.03 Å². The molecule has 1 atom stereocenters. The Hall–Kier alpha value is -3.74. The third-order valence-corrected chi connectivity index (χ3v) is 5.33. The Morgan fingerprint density at radius 2 is 1.72 bits per heavy atom. The molecule has 1 heterocycles. The maximum absolute atomic E-state index is 13.8. The molecule has 1 aliphatic rings. The molecule has 1 aliphatic heterocycles. The molecule has 166 valence electrons. The summed E-state index contributed by atoms with van der Waals surface area (Å²) >= 11 is 0. The number of hydrogen-bond acceptors (Lipinski definition) is 4. The first-order chi connectivity index (χ1) is 15.5. The van der Waals surface area contributed by atoms with E-state index in [4.69, 9.17) is 14.2 Å². The number of aryl methyl sites for hydroxylation is 1. The summed E-state index contributed by atoms with van der Waals surface area (Å²) in [6.45, 7) is 1.89. The monoisotopic (exact) mass is 436 g/mol. The summed E-state index contributed by atoms with van der Waals surface area (Å²) in [5.74, 6) is 1.82. The fraction of sp³-hybridized carbons (Fsp3) is 0.240. The van der Waals surface area contributed by atoms with E-state index in [1.165, 1.54) is 6.07 Å². The van der Waals surface area contributed by atoms with Crippen molar-refractivity contribution in [2.24, 2.45) is 0 Å². The van der Waals surface area contributed by atoms with Gasteiger partial charge in [0.25, 0.3) is 0 Å². The Bertz CT molecular complexity index is 1100. The van der Waals surface area contributed by atoms with Gasteiger partial charge in [0.05, 0.1) is 7.11 Å². The molecule has 32 heavy (non-hydrogen) atoms. The lowest BCUT2D eigenvalue weighted by molar-refractivity contribution is 0.174. The van der Waals surface area contributed by atoms with E-state index in [0.717, 1.165) is 16.9 Å². The average molecular weight is 436 g/mol. The molecule has 3 aromatic rings. The van der Waals surface area contributed by atoms with Crippen LogP contribution in [0.15, 0.2) is 60.7 Å². The summed E-state index contributed by atoms with van der Waals surface area (Å²) in [5, 5.41) is 5.73. The number of fused-ring (bicyclic) bond motifs is 1. The van der Waals surface area contributed by atoms with Gasteiger partial charge < -0.3 is 24.8 Å². The van der Waals surface area contributed by atoms with Crippen molar-refractivity contribution in [2.75, 3.05) is 19.2 Å². The van der Waals surface area contributed by atoms with E-state index in [1.807, 2.05) is 42.5 Å². The molecule has 6 nitrogen and oxygen atoms in total. The van der Waals surface area contributed by atoms with Crippen molar-refractivity contribution in [1.82, 2.24) is 5.32 Å². The van der Waals surface area contributed by atoms with Gasteiger partial charge in [-0.05, 0) is 72.9 Å². The molecule has 3 aromatic carbocycles. The Morgan fingerprint density at radius 1 is 1.00 bits per heavy atom. The zero-order valence-electron chi connectivity index (χ0n) is 18.0. The van der Waals surface area contributed by atoms with Crippen LogP contribution in [0, 0.1) is 12.7 Å². The first-order valence-electron chi connectivity index (χ1n) is 10.4. The van der Waals surface area contributed by atoms with Crippen LogP contribution in [0.3, 0.4) is 0 Å². The van der Waals surface area contributed by atoms with Gasteiger partial charge in [-0.1, -0.05) is 24.3 Å². The fourth-order valence-corrected chi connectivity index (χ4v) is 3.60. The smallest absolute Gasteiger partial charge is 0.319 e. The fourth-order valence-electron chi connectivity index (χ4n) is 3.60. The summed E-state index contributed by atoms with van der Waals surface area (Å²) in [6, 6.07) is 17.5. The molecule has 0 aromatic heterocycles. The van der Waals surface area contributed by atoms with E-state index < -0.39 is 6.03 Å². The molecular weight excluding hydrogens is 411 g/mol. The Labute approximate surface area is 186 Å². The maximum atomic E-state index is 13.8. The average Bonchev–Trinajstić information content (AvgIpc) is 3.24. The van der Waals surface area contributed by atoms with E-state index >= 15 is 0 Å². The Morgan fingerprint density at radius 3 is 2.47 bits per heavy atom. The van der Waals surface area contributed by atoms with Gasteiger partial charge in [-0.15, -0.1) is 0 Å². The lowest BCUT2D eigenvalue weighted by Gasteiger charge is -2.20. The summed E-state index contributed by atoms with van der Waals surface area (Å²) in [7, 11) is 1.62. The second kappa shape index (κ2) is 9.60.